The molecule has 0 aromatic heterocycles. The normalized spacial score (nSPS) is 14.6. The quantitative estimate of drug-likeness (QED) is 0.757. The molecular weight excluding hydrogens is 201 g/mol. The number of anilines is 1. The monoisotopic (exact) mass is 209 g/mol. The number of carboxylic acids is 1. The van der Waals surface area contributed by atoms with Crippen molar-refractivity contribution in [2.75, 3.05) is 11.7 Å². The van der Waals surface area contributed by atoms with E-state index in [2.05, 4.69) is 10.5 Å². The number of hydrogen-bond donors (Lipinski definition) is 2. The Kier molecular flexibility index (Phi) is 2.34. The van der Waals surface area contributed by atoms with E-state index >= 15 is 0 Å². The molecule has 0 amide bonds. The maximum absolute atomic E-state index is 13.0. The molecule has 0 aliphatic carbocycles. The summed E-state index contributed by atoms with van der Waals surface area (Å²) in [5.41, 5.74) is 2.97. The molecule has 15 heavy (non-hydrogen) atoms. The Balaban J connectivity index is 2.46. The van der Waals surface area contributed by atoms with Crippen molar-refractivity contribution in [3.8, 4) is 0 Å². The zero-order valence-corrected chi connectivity index (χ0v) is 7.64. The zero-order chi connectivity index (χ0) is 10.8. The van der Waals surface area contributed by atoms with Crippen LogP contribution in [0.4, 0.5) is 10.1 Å². The minimum absolute atomic E-state index is 0.00273. The molecule has 0 atom stereocenters. The fraction of sp³-hybridized carbons (Fsp3) is 0.111. The second-order valence-electron chi connectivity index (χ2n) is 2.94. The van der Waals surface area contributed by atoms with Gasteiger partial charge in [0.25, 0.3) is 0 Å². The van der Waals surface area contributed by atoms with Crippen molar-refractivity contribution >= 4 is 17.9 Å². The van der Waals surface area contributed by atoms with Crippen LogP contribution < -0.4 is 10.5 Å². The van der Waals surface area contributed by atoms with E-state index in [1.165, 1.54) is 11.2 Å². The van der Waals surface area contributed by atoms with E-state index in [0.29, 0.717) is 6.54 Å². The van der Waals surface area contributed by atoms with Gasteiger partial charge in [-0.25, -0.2) is 14.6 Å². The highest BCUT2D eigenvalue weighted by atomic mass is 19.1. The minimum Gasteiger partial charge on any atom is -0.478 e. The van der Waals surface area contributed by atoms with Crippen molar-refractivity contribution < 1.29 is 14.3 Å². The largest absolute Gasteiger partial charge is 0.478 e. The molecule has 0 bridgehead atoms. The standard InChI is InChI=1S/C9H8FN3O2/c10-6-1-2-7(9(14)15)8(5-6)13-11-3-4-12-13/h1-3,5,12H,4H2,(H,14,15). The molecule has 0 spiro atoms. The molecule has 0 radical (unpaired) electrons. The van der Waals surface area contributed by atoms with Crippen LogP contribution in [-0.2, 0) is 0 Å². The SMILES string of the molecule is O=C(O)c1ccc(F)cc1N1N=CCN1. The fourth-order valence-electron chi connectivity index (χ4n) is 1.30. The number of benzene rings is 1. The van der Waals surface area contributed by atoms with Gasteiger partial charge in [-0.1, -0.05) is 0 Å². The summed E-state index contributed by atoms with van der Waals surface area (Å²) in [7, 11) is 0. The third kappa shape index (κ3) is 1.79. The molecule has 78 valence electrons. The first-order chi connectivity index (χ1) is 7.18. The number of carbonyl (C=O) groups is 1. The van der Waals surface area contributed by atoms with Gasteiger partial charge in [-0.2, -0.15) is 10.2 Å². The van der Waals surface area contributed by atoms with Gasteiger partial charge in [0.15, 0.2) is 0 Å². The Morgan fingerprint density at radius 3 is 3.00 bits per heavy atom. The van der Waals surface area contributed by atoms with Gasteiger partial charge in [0, 0.05) is 12.3 Å². The van der Waals surface area contributed by atoms with Gasteiger partial charge >= 0.3 is 5.97 Å². The Morgan fingerprint density at radius 2 is 2.40 bits per heavy atom. The molecular formula is C9H8FN3O2. The summed E-state index contributed by atoms with van der Waals surface area (Å²) < 4.78 is 13.0. The van der Waals surface area contributed by atoms with Crippen molar-refractivity contribution in [1.82, 2.24) is 5.43 Å². The molecule has 0 fully saturated rings. The number of aromatic carboxylic acids is 1. The summed E-state index contributed by atoms with van der Waals surface area (Å²) in [6.07, 6.45) is 1.57. The Labute approximate surface area is 84.8 Å². The maximum atomic E-state index is 13.0. The topological polar surface area (TPSA) is 64.9 Å². The van der Waals surface area contributed by atoms with Crippen molar-refractivity contribution in [2.45, 2.75) is 0 Å². The van der Waals surface area contributed by atoms with Crippen LogP contribution in [0, 0.1) is 5.82 Å². The molecule has 1 aliphatic rings. The number of nitrogens with zero attached hydrogens (tertiary/aromatic N) is 2. The molecule has 0 saturated carbocycles. The minimum atomic E-state index is -1.12. The number of carboxylic acid groups (broad SMARTS) is 1. The van der Waals surface area contributed by atoms with Gasteiger partial charge in [-0.15, -0.1) is 0 Å². The second-order valence-corrected chi connectivity index (χ2v) is 2.94. The van der Waals surface area contributed by atoms with Crippen LogP contribution in [0.1, 0.15) is 10.4 Å². The summed E-state index contributed by atoms with van der Waals surface area (Å²) in [6, 6.07) is 3.44. The summed E-state index contributed by atoms with van der Waals surface area (Å²) in [5.74, 6) is -1.62. The number of hydrazine groups is 1. The maximum Gasteiger partial charge on any atom is 0.337 e. The fourth-order valence-corrected chi connectivity index (χ4v) is 1.30. The van der Waals surface area contributed by atoms with Crippen LogP contribution in [0.3, 0.4) is 0 Å². The lowest BCUT2D eigenvalue weighted by Gasteiger charge is -2.16. The number of halogens is 1. The van der Waals surface area contributed by atoms with Crippen LogP contribution in [-0.4, -0.2) is 23.8 Å². The third-order valence-corrected chi connectivity index (χ3v) is 1.95. The number of rotatable bonds is 2. The van der Waals surface area contributed by atoms with Gasteiger partial charge in [-0.05, 0) is 12.1 Å². The molecule has 2 N–H and O–H groups in total. The number of nitrogens with one attached hydrogen (secondary N) is 1. The van der Waals surface area contributed by atoms with Crippen LogP contribution in [0.15, 0.2) is 23.3 Å². The molecule has 1 aromatic carbocycles. The lowest BCUT2D eigenvalue weighted by molar-refractivity contribution is 0.0697. The van der Waals surface area contributed by atoms with E-state index in [-0.39, 0.29) is 11.3 Å². The number of hydrazone groups is 1. The van der Waals surface area contributed by atoms with Gasteiger partial charge in [-0.3, -0.25) is 0 Å². The molecule has 0 saturated heterocycles. The molecule has 1 aliphatic heterocycles. The van der Waals surface area contributed by atoms with Crippen LogP contribution in [0.2, 0.25) is 0 Å². The Hall–Kier alpha value is -1.95. The predicted octanol–water partition coefficient (Wildman–Crippen LogP) is 0.834. The van der Waals surface area contributed by atoms with E-state index in [9.17, 15) is 9.18 Å². The molecule has 6 heteroatoms. The highest BCUT2D eigenvalue weighted by Gasteiger charge is 2.17. The van der Waals surface area contributed by atoms with Crippen molar-refractivity contribution in [1.29, 1.82) is 0 Å². The van der Waals surface area contributed by atoms with E-state index < -0.39 is 11.8 Å². The first-order valence-corrected chi connectivity index (χ1v) is 4.27. The first kappa shape index (κ1) is 9.60. The van der Waals surface area contributed by atoms with Crippen molar-refractivity contribution in [3.05, 3.63) is 29.6 Å². The van der Waals surface area contributed by atoms with E-state index in [1.54, 1.807) is 6.21 Å². The van der Waals surface area contributed by atoms with Crippen LogP contribution in [0.25, 0.3) is 0 Å². The molecule has 2 rings (SSSR count). The van der Waals surface area contributed by atoms with E-state index in [4.69, 9.17) is 5.11 Å². The first-order valence-electron chi connectivity index (χ1n) is 4.27. The second kappa shape index (κ2) is 3.66. The van der Waals surface area contributed by atoms with Crippen LogP contribution in [0.5, 0.6) is 0 Å². The Morgan fingerprint density at radius 1 is 1.60 bits per heavy atom. The average Bonchev–Trinajstić information content (AvgIpc) is 2.69. The zero-order valence-electron chi connectivity index (χ0n) is 7.64. The van der Waals surface area contributed by atoms with E-state index in [1.807, 2.05) is 0 Å². The van der Waals surface area contributed by atoms with Crippen molar-refractivity contribution in [2.24, 2.45) is 5.10 Å². The summed E-state index contributed by atoms with van der Waals surface area (Å²) in [4.78, 5) is 10.9. The van der Waals surface area contributed by atoms with Gasteiger partial charge < -0.3 is 5.11 Å². The third-order valence-electron chi connectivity index (χ3n) is 1.95. The predicted molar refractivity (Wildman–Crippen MR) is 52.3 cm³/mol. The van der Waals surface area contributed by atoms with Gasteiger partial charge in [0.2, 0.25) is 0 Å². The molecule has 1 aromatic rings. The van der Waals surface area contributed by atoms with Gasteiger partial charge in [0.05, 0.1) is 17.8 Å². The Bertz CT molecular complexity index is 433. The number of hydrogen-bond acceptors (Lipinski definition) is 4. The van der Waals surface area contributed by atoms with Gasteiger partial charge in [0.1, 0.15) is 5.82 Å². The summed E-state index contributed by atoms with van der Waals surface area (Å²) in [6.45, 7) is 0.496. The molecule has 5 nitrogen and oxygen atoms in total. The summed E-state index contributed by atoms with van der Waals surface area (Å²) in [5, 5.41) is 14.0. The highest BCUT2D eigenvalue weighted by Crippen LogP contribution is 2.21. The highest BCUT2D eigenvalue weighted by molar-refractivity contribution is 5.94. The van der Waals surface area contributed by atoms with Crippen LogP contribution >= 0.6 is 0 Å². The average molecular weight is 209 g/mol. The van der Waals surface area contributed by atoms with E-state index in [0.717, 1.165) is 12.1 Å². The van der Waals surface area contributed by atoms with Crippen molar-refractivity contribution in [3.63, 3.8) is 0 Å². The lowest BCUT2D eigenvalue weighted by atomic mass is 10.2. The molecule has 0 unspecified atom stereocenters. The molecule has 1 heterocycles. The lowest BCUT2D eigenvalue weighted by Crippen LogP contribution is -2.29. The summed E-state index contributed by atoms with van der Waals surface area (Å²) >= 11 is 0. The smallest absolute Gasteiger partial charge is 0.337 e.